The zero-order valence-electron chi connectivity index (χ0n) is 12.4. The predicted octanol–water partition coefficient (Wildman–Crippen LogP) is 3.16. The van der Waals surface area contributed by atoms with Crippen LogP contribution in [0, 0.1) is 0 Å². The van der Waals surface area contributed by atoms with Crippen LogP contribution >= 0.6 is 0 Å². The number of hydrogen-bond donors (Lipinski definition) is 2. The molecule has 110 valence electrons. The van der Waals surface area contributed by atoms with E-state index in [-0.39, 0.29) is 5.91 Å². The molecule has 2 N–H and O–H groups in total. The van der Waals surface area contributed by atoms with Crippen molar-refractivity contribution in [3.05, 3.63) is 71.8 Å². The molecule has 3 heteroatoms. The number of rotatable bonds is 7. The van der Waals surface area contributed by atoms with Crippen LogP contribution in [0.25, 0.3) is 0 Å². The highest BCUT2D eigenvalue weighted by atomic mass is 16.1. The molecule has 2 rings (SSSR count). The van der Waals surface area contributed by atoms with Crippen molar-refractivity contribution in [3.8, 4) is 0 Å². The Balaban J connectivity index is 1.75. The molecule has 0 aliphatic heterocycles. The minimum atomic E-state index is -0.00341. The van der Waals surface area contributed by atoms with E-state index in [1.807, 2.05) is 43.4 Å². The van der Waals surface area contributed by atoms with Gasteiger partial charge < -0.3 is 10.6 Å². The number of carbonyl (C=O) groups excluding carboxylic acids is 1. The van der Waals surface area contributed by atoms with Crippen LogP contribution in [0.3, 0.4) is 0 Å². The van der Waals surface area contributed by atoms with Gasteiger partial charge in [-0.15, -0.1) is 0 Å². The maximum atomic E-state index is 11.9. The van der Waals surface area contributed by atoms with Gasteiger partial charge in [0.15, 0.2) is 0 Å². The van der Waals surface area contributed by atoms with Gasteiger partial charge in [0.05, 0.1) is 0 Å². The molecular weight excluding hydrogens is 260 g/mol. The number of benzene rings is 2. The lowest BCUT2D eigenvalue weighted by Crippen LogP contribution is -2.25. The van der Waals surface area contributed by atoms with Crippen LogP contribution in [0.5, 0.6) is 0 Å². The highest BCUT2D eigenvalue weighted by molar-refractivity contribution is 5.94. The van der Waals surface area contributed by atoms with Crippen molar-refractivity contribution < 1.29 is 4.79 Å². The molecule has 0 unspecified atom stereocenters. The van der Waals surface area contributed by atoms with Crippen molar-refractivity contribution in [3.63, 3.8) is 0 Å². The van der Waals surface area contributed by atoms with E-state index in [9.17, 15) is 4.79 Å². The van der Waals surface area contributed by atoms with Crippen LogP contribution in [0.1, 0.15) is 34.8 Å². The summed E-state index contributed by atoms with van der Waals surface area (Å²) in [7, 11) is 1.97. The average Bonchev–Trinajstić information content (AvgIpc) is 2.56. The molecule has 0 heterocycles. The van der Waals surface area contributed by atoms with Crippen LogP contribution in [0.2, 0.25) is 0 Å². The molecule has 0 fully saturated rings. The van der Waals surface area contributed by atoms with E-state index in [0.717, 1.165) is 12.8 Å². The Hall–Kier alpha value is -2.13. The van der Waals surface area contributed by atoms with Gasteiger partial charge in [-0.1, -0.05) is 48.5 Å². The van der Waals surface area contributed by atoms with Gasteiger partial charge in [-0.2, -0.15) is 0 Å². The zero-order valence-corrected chi connectivity index (χ0v) is 12.4. The van der Waals surface area contributed by atoms with Gasteiger partial charge in [-0.25, -0.2) is 0 Å². The molecule has 0 saturated carbocycles. The second kappa shape index (κ2) is 8.22. The fraction of sp³-hybridized carbons (Fsp3) is 0.278. The van der Waals surface area contributed by atoms with Gasteiger partial charge in [0, 0.05) is 18.2 Å². The first-order valence-electron chi connectivity index (χ1n) is 7.36. The summed E-state index contributed by atoms with van der Waals surface area (Å²) >= 11 is 0. The Bertz CT molecular complexity index is 540. The third-order valence-corrected chi connectivity index (χ3v) is 3.54. The van der Waals surface area contributed by atoms with Gasteiger partial charge in [-0.3, -0.25) is 4.79 Å². The smallest absolute Gasteiger partial charge is 0.251 e. The Morgan fingerprint density at radius 2 is 1.62 bits per heavy atom. The highest BCUT2D eigenvalue weighted by Gasteiger charge is 2.08. The molecule has 0 spiro atoms. The molecule has 0 bridgehead atoms. The van der Waals surface area contributed by atoms with Crippen molar-refractivity contribution in [2.24, 2.45) is 0 Å². The van der Waals surface area contributed by atoms with Crippen molar-refractivity contribution in [2.45, 2.75) is 18.9 Å². The lowest BCUT2D eigenvalue weighted by Gasteiger charge is -2.16. The van der Waals surface area contributed by atoms with Crippen LogP contribution < -0.4 is 10.6 Å². The fourth-order valence-corrected chi connectivity index (χ4v) is 2.36. The molecular formula is C18H22N2O. The normalized spacial score (nSPS) is 11.9. The largest absolute Gasteiger partial charge is 0.352 e. The molecule has 21 heavy (non-hydrogen) atoms. The average molecular weight is 282 g/mol. The monoisotopic (exact) mass is 282 g/mol. The van der Waals surface area contributed by atoms with E-state index in [0.29, 0.717) is 18.2 Å². The first-order chi connectivity index (χ1) is 10.3. The standard InChI is InChI=1S/C18H22N2O/c1-19-17(15-9-4-2-5-10-15)13-8-14-20-18(21)16-11-6-3-7-12-16/h2-7,9-12,17,19H,8,13-14H2,1H3,(H,20,21)/t17-/m0/s1. The van der Waals surface area contributed by atoms with Crippen molar-refractivity contribution in [1.29, 1.82) is 0 Å². The quantitative estimate of drug-likeness (QED) is 0.766. The van der Waals surface area contributed by atoms with Crippen LogP contribution in [-0.2, 0) is 0 Å². The highest BCUT2D eigenvalue weighted by Crippen LogP contribution is 2.17. The molecule has 0 aromatic heterocycles. The number of carbonyl (C=O) groups is 1. The SMILES string of the molecule is CN[C@@H](CCCNC(=O)c1ccccc1)c1ccccc1. The van der Waals surface area contributed by atoms with Crippen LogP contribution in [0.4, 0.5) is 0 Å². The lowest BCUT2D eigenvalue weighted by atomic mass is 10.0. The number of nitrogens with one attached hydrogen (secondary N) is 2. The molecule has 2 aromatic rings. The summed E-state index contributed by atoms with van der Waals surface area (Å²) in [6.07, 6.45) is 1.94. The van der Waals surface area contributed by atoms with E-state index in [1.54, 1.807) is 0 Å². The molecule has 0 saturated heterocycles. The first-order valence-corrected chi connectivity index (χ1v) is 7.36. The van der Waals surface area contributed by atoms with Gasteiger partial charge in [0.2, 0.25) is 0 Å². The van der Waals surface area contributed by atoms with Crippen molar-refractivity contribution in [1.82, 2.24) is 10.6 Å². The van der Waals surface area contributed by atoms with Crippen LogP contribution in [0.15, 0.2) is 60.7 Å². The summed E-state index contributed by atoms with van der Waals surface area (Å²) in [6.45, 7) is 0.693. The summed E-state index contributed by atoms with van der Waals surface area (Å²) in [6, 6.07) is 20.0. The summed E-state index contributed by atoms with van der Waals surface area (Å²) in [4.78, 5) is 11.9. The topological polar surface area (TPSA) is 41.1 Å². The third-order valence-electron chi connectivity index (χ3n) is 3.54. The maximum absolute atomic E-state index is 11.9. The summed E-state index contributed by atoms with van der Waals surface area (Å²) < 4.78 is 0. The van der Waals surface area contributed by atoms with E-state index in [4.69, 9.17) is 0 Å². The number of hydrogen-bond acceptors (Lipinski definition) is 2. The molecule has 0 aliphatic rings. The minimum Gasteiger partial charge on any atom is -0.352 e. The minimum absolute atomic E-state index is 0.00341. The Labute approximate surface area is 126 Å². The Kier molecular flexibility index (Phi) is 5.98. The number of amides is 1. The second-order valence-electron chi connectivity index (χ2n) is 5.02. The van der Waals surface area contributed by atoms with E-state index < -0.39 is 0 Å². The van der Waals surface area contributed by atoms with Gasteiger partial charge in [0.25, 0.3) is 5.91 Å². The molecule has 2 aromatic carbocycles. The molecule has 3 nitrogen and oxygen atoms in total. The van der Waals surface area contributed by atoms with E-state index in [2.05, 4.69) is 34.9 Å². The molecule has 0 radical (unpaired) electrons. The first kappa shape index (κ1) is 15.3. The molecule has 0 aliphatic carbocycles. The Morgan fingerprint density at radius 3 is 2.24 bits per heavy atom. The zero-order chi connectivity index (χ0) is 14.9. The second-order valence-corrected chi connectivity index (χ2v) is 5.02. The van der Waals surface area contributed by atoms with Crippen molar-refractivity contribution >= 4 is 5.91 Å². The summed E-state index contributed by atoms with van der Waals surface area (Å²) in [5.74, 6) is -0.00341. The van der Waals surface area contributed by atoms with E-state index in [1.165, 1.54) is 5.56 Å². The van der Waals surface area contributed by atoms with Crippen molar-refractivity contribution in [2.75, 3.05) is 13.6 Å². The third kappa shape index (κ3) is 4.72. The summed E-state index contributed by atoms with van der Waals surface area (Å²) in [5.41, 5.74) is 2.00. The predicted molar refractivity (Wildman–Crippen MR) is 86.3 cm³/mol. The van der Waals surface area contributed by atoms with Gasteiger partial charge in [-0.05, 0) is 37.6 Å². The maximum Gasteiger partial charge on any atom is 0.251 e. The Morgan fingerprint density at radius 1 is 1.00 bits per heavy atom. The summed E-state index contributed by atoms with van der Waals surface area (Å²) in [5, 5.41) is 6.29. The van der Waals surface area contributed by atoms with Gasteiger partial charge in [0.1, 0.15) is 0 Å². The molecule has 1 amide bonds. The van der Waals surface area contributed by atoms with Crippen LogP contribution in [-0.4, -0.2) is 19.5 Å². The van der Waals surface area contributed by atoms with E-state index >= 15 is 0 Å². The fourth-order valence-electron chi connectivity index (χ4n) is 2.36. The molecule has 1 atom stereocenters. The lowest BCUT2D eigenvalue weighted by molar-refractivity contribution is 0.0952. The van der Waals surface area contributed by atoms with Gasteiger partial charge >= 0.3 is 0 Å².